The van der Waals surface area contributed by atoms with Crippen LogP contribution in [0.5, 0.6) is 0 Å². The molecule has 0 aromatic heterocycles. The lowest BCUT2D eigenvalue weighted by Crippen LogP contribution is -2.35. The maximum Gasteiger partial charge on any atom is 0.0439 e. The summed E-state index contributed by atoms with van der Waals surface area (Å²) in [5.74, 6) is 0. The first kappa shape index (κ1) is 15.2. The van der Waals surface area contributed by atoms with Crippen molar-refractivity contribution in [2.75, 3.05) is 6.54 Å². The number of nitrogens with one attached hydrogen (secondary N) is 1. The lowest BCUT2D eigenvalue weighted by atomic mass is 9.79. The highest BCUT2D eigenvalue weighted by molar-refractivity contribution is 6.33. The minimum atomic E-state index is 0.256. The molecular weight excluding hydrogens is 277 g/mol. The van der Waals surface area contributed by atoms with E-state index in [2.05, 4.69) is 19.2 Å². The fourth-order valence-corrected chi connectivity index (χ4v) is 3.04. The summed E-state index contributed by atoms with van der Waals surface area (Å²) in [5.41, 5.74) is 1.42. The number of rotatable bonds is 7. The van der Waals surface area contributed by atoms with E-state index < -0.39 is 0 Å². The van der Waals surface area contributed by atoms with Gasteiger partial charge in [0.15, 0.2) is 0 Å². The Morgan fingerprint density at radius 1 is 1.32 bits per heavy atom. The van der Waals surface area contributed by atoms with Crippen LogP contribution in [0.1, 0.15) is 45.1 Å². The first-order valence-corrected chi connectivity index (χ1v) is 7.95. The monoisotopic (exact) mass is 299 g/mol. The van der Waals surface area contributed by atoms with Crippen molar-refractivity contribution in [1.82, 2.24) is 5.32 Å². The lowest BCUT2D eigenvalue weighted by Gasteiger charge is -2.30. The molecule has 1 nitrogen and oxygen atoms in total. The second kappa shape index (κ2) is 6.47. The molecule has 1 atom stereocenters. The molecule has 1 aliphatic rings. The van der Waals surface area contributed by atoms with Crippen molar-refractivity contribution >= 4 is 23.2 Å². The molecule has 0 heterocycles. The summed E-state index contributed by atoms with van der Waals surface area (Å²) in [4.78, 5) is 0. The summed E-state index contributed by atoms with van der Waals surface area (Å²) in [6.45, 7) is 5.66. The van der Waals surface area contributed by atoms with E-state index in [1.54, 1.807) is 0 Å². The van der Waals surface area contributed by atoms with Crippen LogP contribution in [0.2, 0.25) is 10.0 Å². The van der Waals surface area contributed by atoms with Crippen LogP contribution in [0.15, 0.2) is 18.2 Å². The van der Waals surface area contributed by atoms with Crippen LogP contribution < -0.4 is 5.32 Å². The molecule has 1 aromatic rings. The van der Waals surface area contributed by atoms with Crippen LogP contribution in [0.4, 0.5) is 0 Å². The zero-order valence-corrected chi connectivity index (χ0v) is 13.3. The molecule has 106 valence electrons. The Balaban J connectivity index is 2.06. The van der Waals surface area contributed by atoms with Crippen LogP contribution in [0, 0.1) is 5.41 Å². The first-order valence-electron chi connectivity index (χ1n) is 7.20. The van der Waals surface area contributed by atoms with Gasteiger partial charge in [0.2, 0.25) is 0 Å². The molecule has 3 heteroatoms. The molecule has 2 rings (SSSR count). The van der Waals surface area contributed by atoms with Crippen molar-refractivity contribution in [2.24, 2.45) is 5.41 Å². The van der Waals surface area contributed by atoms with Gasteiger partial charge >= 0.3 is 0 Å². The average molecular weight is 300 g/mol. The van der Waals surface area contributed by atoms with Crippen molar-refractivity contribution in [3.63, 3.8) is 0 Å². The highest BCUT2D eigenvalue weighted by atomic mass is 35.5. The maximum absolute atomic E-state index is 6.30. The van der Waals surface area contributed by atoms with E-state index in [1.165, 1.54) is 31.2 Å². The van der Waals surface area contributed by atoms with Crippen LogP contribution in [-0.2, 0) is 6.42 Å². The van der Waals surface area contributed by atoms with Gasteiger partial charge in [-0.2, -0.15) is 0 Å². The fraction of sp³-hybridized carbons (Fsp3) is 0.625. The van der Waals surface area contributed by atoms with E-state index in [1.807, 2.05) is 18.2 Å². The van der Waals surface area contributed by atoms with Crippen molar-refractivity contribution in [3.8, 4) is 0 Å². The van der Waals surface area contributed by atoms with E-state index >= 15 is 0 Å². The second-order valence-electron chi connectivity index (χ2n) is 6.13. The molecule has 0 saturated heterocycles. The SMILES string of the molecule is CCCC(C)(CNC1CC1)Cc1cc(Cl)ccc1Cl. The highest BCUT2D eigenvalue weighted by Gasteiger charge is 2.28. The van der Waals surface area contributed by atoms with Crippen LogP contribution in [-0.4, -0.2) is 12.6 Å². The second-order valence-corrected chi connectivity index (χ2v) is 6.97. The van der Waals surface area contributed by atoms with Gasteiger partial charge in [0.05, 0.1) is 0 Å². The predicted molar refractivity (Wildman–Crippen MR) is 84.2 cm³/mol. The van der Waals surface area contributed by atoms with Gasteiger partial charge in [-0.05, 0) is 54.9 Å². The van der Waals surface area contributed by atoms with Gasteiger partial charge in [-0.15, -0.1) is 0 Å². The molecule has 0 spiro atoms. The number of benzene rings is 1. The summed E-state index contributed by atoms with van der Waals surface area (Å²) in [5, 5.41) is 5.26. The van der Waals surface area contributed by atoms with Crippen molar-refractivity contribution in [1.29, 1.82) is 0 Å². The van der Waals surface area contributed by atoms with Gasteiger partial charge in [-0.3, -0.25) is 0 Å². The zero-order chi connectivity index (χ0) is 13.9. The maximum atomic E-state index is 6.30. The van der Waals surface area contributed by atoms with E-state index in [0.717, 1.165) is 29.1 Å². The van der Waals surface area contributed by atoms with Gasteiger partial charge in [-0.1, -0.05) is 43.5 Å². The lowest BCUT2D eigenvalue weighted by molar-refractivity contribution is 0.274. The molecule has 1 N–H and O–H groups in total. The third-order valence-corrected chi connectivity index (χ3v) is 4.48. The third kappa shape index (κ3) is 4.66. The molecule has 1 fully saturated rings. The summed E-state index contributed by atoms with van der Waals surface area (Å²) in [6.07, 6.45) is 6.05. The standard InChI is InChI=1S/C16H23Cl2N/c1-3-8-16(2,11-19-14-5-6-14)10-12-9-13(17)4-7-15(12)18/h4,7,9,14,19H,3,5-6,8,10-11H2,1-2H3. The topological polar surface area (TPSA) is 12.0 Å². The summed E-state index contributed by atoms with van der Waals surface area (Å²) >= 11 is 12.4. The largest absolute Gasteiger partial charge is 0.313 e. The summed E-state index contributed by atoms with van der Waals surface area (Å²) < 4.78 is 0. The van der Waals surface area contributed by atoms with Crippen molar-refractivity contribution < 1.29 is 0 Å². The minimum absolute atomic E-state index is 0.256. The number of halogens is 2. The molecule has 1 aliphatic carbocycles. The molecule has 0 bridgehead atoms. The molecule has 1 saturated carbocycles. The van der Waals surface area contributed by atoms with E-state index in [9.17, 15) is 0 Å². The predicted octanol–water partition coefficient (Wildman–Crippen LogP) is 5.09. The van der Waals surface area contributed by atoms with Crippen LogP contribution in [0.25, 0.3) is 0 Å². The van der Waals surface area contributed by atoms with Crippen LogP contribution >= 0.6 is 23.2 Å². The summed E-state index contributed by atoms with van der Waals surface area (Å²) in [7, 11) is 0. The molecule has 19 heavy (non-hydrogen) atoms. The van der Waals surface area contributed by atoms with Crippen molar-refractivity contribution in [2.45, 2.75) is 52.0 Å². The Morgan fingerprint density at radius 2 is 2.05 bits per heavy atom. The Bertz CT molecular complexity index is 429. The zero-order valence-electron chi connectivity index (χ0n) is 11.8. The van der Waals surface area contributed by atoms with Gasteiger partial charge in [0.1, 0.15) is 0 Å². The highest BCUT2D eigenvalue weighted by Crippen LogP contribution is 2.33. The molecule has 1 aromatic carbocycles. The Kier molecular flexibility index (Phi) is 5.16. The Hall–Kier alpha value is -0.240. The summed E-state index contributed by atoms with van der Waals surface area (Å²) in [6, 6.07) is 6.52. The van der Waals surface area contributed by atoms with E-state index in [4.69, 9.17) is 23.2 Å². The normalized spacial score (nSPS) is 18.3. The quantitative estimate of drug-likeness (QED) is 0.739. The molecular formula is C16H23Cl2N. The molecule has 0 radical (unpaired) electrons. The molecule has 1 unspecified atom stereocenters. The Labute approximate surface area is 126 Å². The van der Waals surface area contributed by atoms with E-state index in [0.29, 0.717) is 0 Å². The Morgan fingerprint density at radius 3 is 2.68 bits per heavy atom. The van der Waals surface area contributed by atoms with Crippen LogP contribution in [0.3, 0.4) is 0 Å². The first-order chi connectivity index (χ1) is 9.02. The van der Waals surface area contributed by atoms with Gasteiger partial charge in [0.25, 0.3) is 0 Å². The van der Waals surface area contributed by atoms with Gasteiger partial charge in [0, 0.05) is 22.6 Å². The van der Waals surface area contributed by atoms with Gasteiger partial charge in [-0.25, -0.2) is 0 Å². The third-order valence-electron chi connectivity index (χ3n) is 3.87. The average Bonchev–Trinajstić information content (AvgIpc) is 3.16. The molecule has 0 amide bonds. The molecule has 0 aliphatic heterocycles. The van der Waals surface area contributed by atoms with Gasteiger partial charge < -0.3 is 5.32 Å². The van der Waals surface area contributed by atoms with E-state index in [-0.39, 0.29) is 5.41 Å². The van der Waals surface area contributed by atoms with Crippen molar-refractivity contribution in [3.05, 3.63) is 33.8 Å². The fourth-order valence-electron chi connectivity index (χ4n) is 2.66. The number of hydrogen-bond acceptors (Lipinski definition) is 1. The minimum Gasteiger partial charge on any atom is -0.313 e. The number of hydrogen-bond donors (Lipinski definition) is 1. The smallest absolute Gasteiger partial charge is 0.0439 e.